The number of hydrogen-bond acceptors (Lipinski definition) is 2. The Morgan fingerprint density at radius 2 is 2.11 bits per heavy atom. The first kappa shape index (κ1) is 11.5. The summed E-state index contributed by atoms with van der Waals surface area (Å²) >= 11 is 0. The Labute approximate surface area is 108 Å². The van der Waals surface area contributed by atoms with E-state index in [1.807, 2.05) is 6.20 Å². The summed E-state index contributed by atoms with van der Waals surface area (Å²) in [4.78, 5) is 0. The molecule has 0 aliphatic carbocycles. The molecule has 3 heteroatoms. The molecule has 2 N–H and O–H groups in total. The molecule has 1 saturated heterocycles. The maximum Gasteiger partial charge on any atom is 0.0525 e. The predicted molar refractivity (Wildman–Crippen MR) is 72.7 cm³/mol. The normalized spacial score (nSPS) is 19.9. The molecule has 94 valence electrons. The SMILES string of the molecule is c1ccc(Cc2cn[nH]c2[C@H]2CCCNC2)cc1. The van der Waals surface area contributed by atoms with Crippen LogP contribution >= 0.6 is 0 Å². The van der Waals surface area contributed by atoms with Gasteiger partial charge in [0.1, 0.15) is 0 Å². The summed E-state index contributed by atoms with van der Waals surface area (Å²) in [6.07, 6.45) is 5.48. The quantitative estimate of drug-likeness (QED) is 0.866. The van der Waals surface area contributed by atoms with Crippen molar-refractivity contribution < 1.29 is 0 Å². The minimum Gasteiger partial charge on any atom is -0.316 e. The van der Waals surface area contributed by atoms with Gasteiger partial charge in [0.25, 0.3) is 0 Å². The fourth-order valence-corrected chi connectivity index (χ4v) is 2.73. The highest BCUT2D eigenvalue weighted by Gasteiger charge is 2.19. The third-order valence-corrected chi connectivity index (χ3v) is 3.69. The van der Waals surface area contributed by atoms with Gasteiger partial charge in [-0.3, -0.25) is 5.10 Å². The molecule has 18 heavy (non-hydrogen) atoms. The second-order valence-electron chi connectivity index (χ2n) is 5.01. The fourth-order valence-electron chi connectivity index (χ4n) is 2.73. The highest BCUT2D eigenvalue weighted by atomic mass is 15.1. The summed E-state index contributed by atoms with van der Waals surface area (Å²) in [7, 11) is 0. The molecule has 0 amide bonds. The Balaban J connectivity index is 1.78. The summed E-state index contributed by atoms with van der Waals surface area (Å²) in [5.41, 5.74) is 4.02. The number of nitrogens with zero attached hydrogens (tertiary/aromatic N) is 1. The van der Waals surface area contributed by atoms with Gasteiger partial charge < -0.3 is 5.32 Å². The van der Waals surface area contributed by atoms with E-state index in [0.717, 1.165) is 19.5 Å². The first-order chi connectivity index (χ1) is 8.93. The van der Waals surface area contributed by atoms with Crippen LogP contribution in [0.3, 0.4) is 0 Å². The molecule has 3 nitrogen and oxygen atoms in total. The average molecular weight is 241 g/mol. The predicted octanol–water partition coefficient (Wildman–Crippen LogP) is 2.47. The Hall–Kier alpha value is -1.61. The standard InChI is InChI=1S/C15H19N3/c1-2-5-12(6-3-1)9-14-11-17-18-15(14)13-7-4-8-16-10-13/h1-3,5-6,11,13,16H,4,7-10H2,(H,17,18)/t13-/m0/s1. The molecule has 1 aliphatic rings. The van der Waals surface area contributed by atoms with Gasteiger partial charge in [-0.25, -0.2) is 0 Å². The van der Waals surface area contributed by atoms with E-state index >= 15 is 0 Å². The molecule has 3 rings (SSSR count). The largest absolute Gasteiger partial charge is 0.316 e. The monoisotopic (exact) mass is 241 g/mol. The second-order valence-corrected chi connectivity index (χ2v) is 5.01. The van der Waals surface area contributed by atoms with Crippen molar-refractivity contribution in [2.24, 2.45) is 0 Å². The van der Waals surface area contributed by atoms with Crippen molar-refractivity contribution in [1.29, 1.82) is 0 Å². The lowest BCUT2D eigenvalue weighted by atomic mass is 9.92. The van der Waals surface area contributed by atoms with Gasteiger partial charge in [-0.1, -0.05) is 30.3 Å². The molecule has 2 heterocycles. The molecule has 1 fully saturated rings. The van der Waals surface area contributed by atoms with E-state index in [9.17, 15) is 0 Å². The maximum atomic E-state index is 4.24. The number of H-pyrrole nitrogens is 1. The molecule has 0 spiro atoms. The first-order valence-electron chi connectivity index (χ1n) is 6.70. The van der Waals surface area contributed by atoms with Crippen molar-refractivity contribution in [2.45, 2.75) is 25.2 Å². The van der Waals surface area contributed by atoms with Crippen LogP contribution in [0, 0.1) is 0 Å². The number of aromatic nitrogens is 2. The average Bonchev–Trinajstić information content (AvgIpc) is 2.89. The molecule has 1 aromatic carbocycles. The number of hydrogen-bond donors (Lipinski definition) is 2. The van der Waals surface area contributed by atoms with Crippen molar-refractivity contribution in [2.75, 3.05) is 13.1 Å². The van der Waals surface area contributed by atoms with Gasteiger partial charge in [0.2, 0.25) is 0 Å². The highest BCUT2D eigenvalue weighted by Crippen LogP contribution is 2.25. The van der Waals surface area contributed by atoms with Crippen molar-refractivity contribution in [1.82, 2.24) is 15.5 Å². The number of nitrogens with one attached hydrogen (secondary N) is 2. The van der Waals surface area contributed by atoms with Gasteiger partial charge in [0, 0.05) is 24.6 Å². The molecule has 0 bridgehead atoms. The zero-order chi connectivity index (χ0) is 12.2. The Kier molecular flexibility index (Phi) is 3.42. The number of benzene rings is 1. The van der Waals surface area contributed by atoms with Crippen LogP contribution in [-0.2, 0) is 6.42 Å². The van der Waals surface area contributed by atoms with Gasteiger partial charge >= 0.3 is 0 Å². The third-order valence-electron chi connectivity index (χ3n) is 3.69. The zero-order valence-corrected chi connectivity index (χ0v) is 10.5. The zero-order valence-electron chi connectivity index (χ0n) is 10.5. The van der Waals surface area contributed by atoms with Crippen LogP contribution in [0.5, 0.6) is 0 Å². The molecule has 0 unspecified atom stereocenters. The van der Waals surface area contributed by atoms with Crippen molar-refractivity contribution >= 4 is 0 Å². The number of aromatic amines is 1. The summed E-state index contributed by atoms with van der Waals surface area (Å²) in [6.45, 7) is 2.22. The highest BCUT2D eigenvalue weighted by molar-refractivity contribution is 5.29. The van der Waals surface area contributed by atoms with Gasteiger partial charge in [-0.15, -0.1) is 0 Å². The summed E-state index contributed by atoms with van der Waals surface area (Å²) < 4.78 is 0. The van der Waals surface area contributed by atoms with Crippen molar-refractivity contribution in [3.63, 3.8) is 0 Å². The number of rotatable bonds is 3. The van der Waals surface area contributed by atoms with E-state index in [0.29, 0.717) is 5.92 Å². The Morgan fingerprint density at radius 1 is 1.22 bits per heavy atom. The molecule has 1 atom stereocenters. The van der Waals surface area contributed by atoms with E-state index in [1.165, 1.54) is 29.7 Å². The molecule has 0 radical (unpaired) electrons. The molecule has 1 aromatic heterocycles. The van der Waals surface area contributed by atoms with E-state index in [4.69, 9.17) is 0 Å². The minimum atomic E-state index is 0.597. The van der Waals surface area contributed by atoms with E-state index in [2.05, 4.69) is 45.8 Å². The van der Waals surface area contributed by atoms with E-state index in [1.54, 1.807) is 0 Å². The number of piperidine rings is 1. The van der Waals surface area contributed by atoms with Crippen molar-refractivity contribution in [3.05, 3.63) is 53.3 Å². The Bertz CT molecular complexity index is 483. The van der Waals surface area contributed by atoms with Crippen LogP contribution in [-0.4, -0.2) is 23.3 Å². The van der Waals surface area contributed by atoms with Gasteiger partial charge in [0.05, 0.1) is 6.20 Å². The molecule has 1 aliphatic heterocycles. The van der Waals surface area contributed by atoms with Gasteiger partial charge in [-0.2, -0.15) is 5.10 Å². The summed E-state index contributed by atoms with van der Waals surface area (Å²) in [5, 5.41) is 10.9. The molecule has 0 saturated carbocycles. The lowest BCUT2D eigenvalue weighted by molar-refractivity contribution is 0.452. The minimum absolute atomic E-state index is 0.597. The van der Waals surface area contributed by atoms with Crippen LogP contribution < -0.4 is 5.32 Å². The van der Waals surface area contributed by atoms with E-state index < -0.39 is 0 Å². The molecular weight excluding hydrogens is 222 g/mol. The van der Waals surface area contributed by atoms with Gasteiger partial charge in [-0.05, 0) is 30.5 Å². The summed E-state index contributed by atoms with van der Waals surface area (Å²) in [5.74, 6) is 0.597. The fraction of sp³-hybridized carbons (Fsp3) is 0.400. The topological polar surface area (TPSA) is 40.7 Å². The lowest BCUT2D eigenvalue weighted by Crippen LogP contribution is -2.29. The van der Waals surface area contributed by atoms with E-state index in [-0.39, 0.29) is 0 Å². The van der Waals surface area contributed by atoms with Crippen LogP contribution in [0.15, 0.2) is 36.5 Å². The third kappa shape index (κ3) is 2.46. The Morgan fingerprint density at radius 3 is 2.89 bits per heavy atom. The van der Waals surface area contributed by atoms with Crippen LogP contribution in [0.4, 0.5) is 0 Å². The van der Waals surface area contributed by atoms with Crippen LogP contribution in [0.1, 0.15) is 35.6 Å². The second kappa shape index (κ2) is 5.36. The van der Waals surface area contributed by atoms with Crippen molar-refractivity contribution in [3.8, 4) is 0 Å². The lowest BCUT2D eigenvalue weighted by Gasteiger charge is -2.22. The van der Waals surface area contributed by atoms with Crippen LogP contribution in [0.25, 0.3) is 0 Å². The molecular formula is C15H19N3. The van der Waals surface area contributed by atoms with Gasteiger partial charge in [0.15, 0.2) is 0 Å². The maximum absolute atomic E-state index is 4.24. The first-order valence-corrected chi connectivity index (χ1v) is 6.70. The smallest absolute Gasteiger partial charge is 0.0525 e. The summed E-state index contributed by atoms with van der Waals surface area (Å²) in [6, 6.07) is 10.6. The molecule has 2 aromatic rings. The van der Waals surface area contributed by atoms with Crippen LogP contribution in [0.2, 0.25) is 0 Å².